The van der Waals surface area contributed by atoms with Crippen LogP contribution < -0.4 is 10.1 Å². The van der Waals surface area contributed by atoms with Gasteiger partial charge in [-0.25, -0.2) is 0 Å². The Hall–Kier alpha value is -2.52. The molecule has 1 aromatic carbocycles. The number of anilines is 1. The molecule has 2 aromatic rings. The Labute approximate surface area is 139 Å². The third-order valence-corrected chi connectivity index (χ3v) is 3.48. The molecular formula is C16H17ClN4O2. The molecule has 6 nitrogen and oxygen atoms in total. The Morgan fingerprint density at radius 2 is 2.13 bits per heavy atom. The molecule has 1 aromatic heterocycles. The first kappa shape index (κ1) is 16.8. The maximum absolute atomic E-state index is 12.4. The molecule has 120 valence electrons. The lowest BCUT2D eigenvalue weighted by molar-refractivity contribution is 0.102. The Morgan fingerprint density at radius 1 is 1.43 bits per heavy atom. The van der Waals surface area contributed by atoms with Crippen molar-refractivity contribution in [3.8, 4) is 11.8 Å². The first-order valence-electron chi connectivity index (χ1n) is 6.91. The van der Waals surface area contributed by atoms with Crippen LogP contribution in [0.3, 0.4) is 0 Å². The number of nitriles is 1. The number of benzene rings is 1. The number of methoxy groups -OCH3 is 1. The fourth-order valence-corrected chi connectivity index (χ4v) is 2.07. The molecule has 0 fully saturated rings. The van der Waals surface area contributed by atoms with E-state index in [1.807, 2.05) is 26.8 Å². The van der Waals surface area contributed by atoms with Crippen LogP contribution in [-0.2, 0) is 5.54 Å². The molecule has 0 aliphatic carbocycles. The predicted molar refractivity (Wildman–Crippen MR) is 87.9 cm³/mol. The lowest BCUT2D eigenvalue weighted by Crippen LogP contribution is -2.22. The van der Waals surface area contributed by atoms with Crippen LogP contribution >= 0.6 is 11.6 Å². The van der Waals surface area contributed by atoms with Gasteiger partial charge in [-0.05, 0) is 39.0 Å². The van der Waals surface area contributed by atoms with Gasteiger partial charge >= 0.3 is 0 Å². The summed E-state index contributed by atoms with van der Waals surface area (Å²) in [6.07, 6.45) is 1.61. The van der Waals surface area contributed by atoms with Crippen molar-refractivity contribution < 1.29 is 9.53 Å². The second-order valence-electron chi connectivity index (χ2n) is 5.92. The van der Waals surface area contributed by atoms with E-state index in [0.29, 0.717) is 21.9 Å². The van der Waals surface area contributed by atoms with Crippen molar-refractivity contribution in [2.75, 3.05) is 12.4 Å². The van der Waals surface area contributed by atoms with Crippen LogP contribution in [0.5, 0.6) is 5.75 Å². The van der Waals surface area contributed by atoms with Crippen LogP contribution in [0, 0.1) is 11.3 Å². The highest BCUT2D eigenvalue weighted by atomic mass is 35.5. The van der Waals surface area contributed by atoms with Crippen LogP contribution in [0.25, 0.3) is 0 Å². The summed E-state index contributed by atoms with van der Waals surface area (Å²) in [5.74, 6) is 0.233. The summed E-state index contributed by atoms with van der Waals surface area (Å²) in [5.41, 5.74) is 0.368. The quantitative estimate of drug-likeness (QED) is 0.933. The van der Waals surface area contributed by atoms with E-state index >= 15 is 0 Å². The zero-order valence-corrected chi connectivity index (χ0v) is 14.1. The molecule has 0 saturated heterocycles. The number of carbonyl (C=O) groups is 1. The molecule has 0 unspecified atom stereocenters. The highest BCUT2D eigenvalue weighted by Crippen LogP contribution is 2.26. The van der Waals surface area contributed by atoms with Crippen LogP contribution in [0.2, 0.25) is 5.02 Å². The normalized spacial score (nSPS) is 11.0. The van der Waals surface area contributed by atoms with E-state index in [4.69, 9.17) is 16.3 Å². The van der Waals surface area contributed by atoms with Gasteiger partial charge in [0.15, 0.2) is 5.82 Å². The molecule has 0 spiro atoms. The van der Waals surface area contributed by atoms with Crippen molar-refractivity contribution in [2.45, 2.75) is 26.3 Å². The van der Waals surface area contributed by atoms with Crippen LogP contribution in [0.15, 0.2) is 24.4 Å². The SMILES string of the molecule is COc1cc(C(=O)Nc2nn(C(C)(C)C)cc2C#N)ccc1Cl. The number of hydrogen-bond donors (Lipinski definition) is 1. The number of carbonyl (C=O) groups excluding carboxylic acids is 1. The van der Waals surface area contributed by atoms with E-state index in [1.54, 1.807) is 23.0 Å². The minimum atomic E-state index is -0.393. The van der Waals surface area contributed by atoms with Gasteiger partial charge in [0.05, 0.1) is 17.7 Å². The molecule has 0 saturated carbocycles. The Balaban J connectivity index is 2.30. The molecule has 1 N–H and O–H groups in total. The van der Waals surface area contributed by atoms with E-state index in [2.05, 4.69) is 10.4 Å². The molecule has 1 amide bonds. The second-order valence-corrected chi connectivity index (χ2v) is 6.33. The number of rotatable bonds is 3. The summed E-state index contributed by atoms with van der Waals surface area (Å²) in [7, 11) is 1.47. The van der Waals surface area contributed by atoms with Gasteiger partial charge in [0.2, 0.25) is 0 Å². The van der Waals surface area contributed by atoms with Crippen molar-refractivity contribution in [3.63, 3.8) is 0 Å². The average Bonchev–Trinajstić information content (AvgIpc) is 2.90. The Kier molecular flexibility index (Phi) is 4.62. The van der Waals surface area contributed by atoms with E-state index < -0.39 is 5.91 Å². The minimum Gasteiger partial charge on any atom is -0.495 e. The summed E-state index contributed by atoms with van der Waals surface area (Å²) in [6.45, 7) is 5.87. The summed E-state index contributed by atoms with van der Waals surface area (Å²) in [6, 6.07) is 6.72. The first-order chi connectivity index (χ1) is 10.8. The number of halogens is 1. The van der Waals surface area contributed by atoms with Gasteiger partial charge in [-0.15, -0.1) is 0 Å². The van der Waals surface area contributed by atoms with Crippen molar-refractivity contribution >= 4 is 23.3 Å². The first-order valence-corrected chi connectivity index (χ1v) is 7.29. The van der Waals surface area contributed by atoms with Gasteiger partial charge in [-0.2, -0.15) is 10.4 Å². The van der Waals surface area contributed by atoms with Crippen molar-refractivity contribution in [3.05, 3.63) is 40.5 Å². The third kappa shape index (κ3) is 3.63. The number of aromatic nitrogens is 2. The predicted octanol–water partition coefficient (Wildman–Crippen LogP) is 3.42. The lowest BCUT2D eigenvalue weighted by atomic mass is 10.1. The standard InChI is InChI=1S/C16H17ClN4O2/c1-16(2,3)21-9-11(8-18)14(20-21)19-15(22)10-5-6-12(17)13(7-10)23-4/h5-7,9H,1-4H3,(H,19,20,22). The van der Waals surface area contributed by atoms with Crippen molar-refractivity contribution in [2.24, 2.45) is 0 Å². The molecule has 0 bridgehead atoms. The Morgan fingerprint density at radius 3 is 2.70 bits per heavy atom. The number of nitrogens with one attached hydrogen (secondary N) is 1. The molecule has 0 atom stereocenters. The van der Waals surface area contributed by atoms with Crippen molar-refractivity contribution in [1.82, 2.24) is 9.78 Å². The van der Waals surface area contributed by atoms with Gasteiger partial charge in [0.25, 0.3) is 5.91 Å². The van der Waals surface area contributed by atoms with Crippen LogP contribution in [0.1, 0.15) is 36.7 Å². The van der Waals surface area contributed by atoms with Crippen LogP contribution in [-0.4, -0.2) is 22.8 Å². The molecule has 23 heavy (non-hydrogen) atoms. The van der Waals surface area contributed by atoms with Crippen molar-refractivity contribution in [1.29, 1.82) is 5.26 Å². The van der Waals surface area contributed by atoms with E-state index in [-0.39, 0.29) is 11.4 Å². The molecule has 0 radical (unpaired) electrons. The van der Waals surface area contributed by atoms with Gasteiger partial charge in [0, 0.05) is 11.8 Å². The summed E-state index contributed by atoms with van der Waals surface area (Å²) < 4.78 is 6.74. The molecule has 7 heteroatoms. The smallest absolute Gasteiger partial charge is 0.257 e. The number of amides is 1. The molecule has 0 aliphatic heterocycles. The third-order valence-electron chi connectivity index (χ3n) is 3.17. The molecular weight excluding hydrogens is 316 g/mol. The summed E-state index contributed by atoms with van der Waals surface area (Å²) >= 11 is 5.95. The summed E-state index contributed by atoms with van der Waals surface area (Å²) in [4.78, 5) is 12.4. The maximum Gasteiger partial charge on any atom is 0.257 e. The zero-order valence-electron chi connectivity index (χ0n) is 13.3. The zero-order chi connectivity index (χ0) is 17.2. The lowest BCUT2D eigenvalue weighted by Gasteiger charge is -2.18. The summed E-state index contributed by atoms with van der Waals surface area (Å²) in [5, 5.41) is 16.6. The average molecular weight is 333 g/mol. The van der Waals surface area contributed by atoms with Crippen LogP contribution in [0.4, 0.5) is 5.82 Å². The number of hydrogen-bond acceptors (Lipinski definition) is 4. The van der Waals surface area contributed by atoms with Gasteiger partial charge < -0.3 is 10.1 Å². The topological polar surface area (TPSA) is 79.9 Å². The van der Waals surface area contributed by atoms with E-state index in [0.717, 1.165) is 0 Å². The highest BCUT2D eigenvalue weighted by Gasteiger charge is 2.20. The van der Waals surface area contributed by atoms with E-state index in [1.165, 1.54) is 13.2 Å². The second kappa shape index (κ2) is 6.31. The Bertz CT molecular complexity index is 784. The van der Waals surface area contributed by atoms with E-state index in [9.17, 15) is 10.1 Å². The maximum atomic E-state index is 12.4. The molecule has 1 heterocycles. The number of ether oxygens (including phenoxy) is 1. The minimum absolute atomic E-state index is 0.223. The van der Waals surface area contributed by atoms with Gasteiger partial charge in [-0.3, -0.25) is 9.48 Å². The molecule has 2 rings (SSSR count). The molecule has 0 aliphatic rings. The fourth-order valence-electron chi connectivity index (χ4n) is 1.87. The van der Waals surface area contributed by atoms with Gasteiger partial charge in [0.1, 0.15) is 17.4 Å². The largest absolute Gasteiger partial charge is 0.495 e. The highest BCUT2D eigenvalue weighted by molar-refractivity contribution is 6.32. The monoisotopic (exact) mass is 332 g/mol. The van der Waals surface area contributed by atoms with Gasteiger partial charge in [-0.1, -0.05) is 11.6 Å². The number of nitrogens with zero attached hydrogens (tertiary/aromatic N) is 3. The fraction of sp³-hybridized carbons (Fsp3) is 0.312.